The molecule has 124 valence electrons. The number of hydrogen-bond donors (Lipinski definition) is 2. The van der Waals surface area contributed by atoms with Crippen molar-refractivity contribution in [3.8, 4) is 0 Å². The predicted molar refractivity (Wildman–Crippen MR) is 89.5 cm³/mol. The maximum atomic E-state index is 12.2. The molecule has 2 N–H and O–H groups in total. The zero-order chi connectivity index (χ0) is 15.8. The standard InChI is InChI=1S/C12H17NO2S.2C2H5N/c1-11-5-7-12(8-6-11)16(14,15)13-9-3-2-4-10-13;2*1-2-3-1/h5-8H,2-4,9-10H2,1H3;2*3H,1-2H2. The van der Waals surface area contributed by atoms with Gasteiger partial charge in [-0.15, -0.1) is 0 Å². The van der Waals surface area contributed by atoms with E-state index < -0.39 is 10.0 Å². The van der Waals surface area contributed by atoms with E-state index in [1.807, 2.05) is 19.1 Å². The van der Waals surface area contributed by atoms with Gasteiger partial charge in [0.1, 0.15) is 0 Å². The molecule has 0 aliphatic carbocycles. The Labute approximate surface area is 134 Å². The van der Waals surface area contributed by atoms with Crippen LogP contribution >= 0.6 is 0 Å². The maximum absolute atomic E-state index is 12.2. The molecule has 0 bridgehead atoms. The molecule has 3 aliphatic rings. The van der Waals surface area contributed by atoms with E-state index in [1.54, 1.807) is 16.4 Å². The molecule has 3 fully saturated rings. The Morgan fingerprint density at radius 3 is 1.73 bits per heavy atom. The summed E-state index contributed by atoms with van der Waals surface area (Å²) in [6.07, 6.45) is 3.09. The number of sulfonamides is 1. The van der Waals surface area contributed by atoms with Crippen LogP contribution < -0.4 is 10.6 Å². The molecule has 0 unspecified atom stereocenters. The Hall–Kier alpha value is -0.950. The third-order valence-electron chi connectivity index (χ3n) is 3.47. The quantitative estimate of drug-likeness (QED) is 0.804. The Morgan fingerprint density at radius 1 is 0.864 bits per heavy atom. The van der Waals surface area contributed by atoms with Gasteiger partial charge >= 0.3 is 0 Å². The van der Waals surface area contributed by atoms with Gasteiger partial charge in [0.05, 0.1) is 4.90 Å². The summed E-state index contributed by atoms with van der Waals surface area (Å²) in [5.41, 5.74) is 1.08. The van der Waals surface area contributed by atoms with Crippen molar-refractivity contribution in [2.45, 2.75) is 31.1 Å². The molecule has 0 saturated carbocycles. The van der Waals surface area contributed by atoms with E-state index >= 15 is 0 Å². The van der Waals surface area contributed by atoms with Crippen molar-refractivity contribution in [1.82, 2.24) is 14.9 Å². The molecule has 0 aromatic heterocycles. The van der Waals surface area contributed by atoms with Gasteiger partial charge in [0, 0.05) is 39.3 Å². The van der Waals surface area contributed by atoms with Gasteiger partial charge in [-0.25, -0.2) is 8.42 Å². The first-order chi connectivity index (χ1) is 10.6. The van der Waals surface area contributed by atoms with E-state index in [-0.39, 0.29) is 0 Å². The molecule has 5 nitrogen and oxygen atoms in total. The molecule has 3 saturated heterocycles. The Bertz CT molecular complexity index is 522. The number of benzene rings is 1. The summed E-state index contributed by atoms with van der Waals surface area (Å²) < 4.78 is 26.0. The van der Waals surface area contributed by atoms with Crippen LogP contribution in [0.15, 0.2) is 29.2 Å². The van der Waals surface area contributed by atoms with Crippen LogP contribution in [0.1, 0.15) is 24.8 Å². The van der Waals surface area contributed by atoms with Crippen molar-refractivity contribution in [3.05, 3.63) is 29.8 Å². The number of nitrogens with one attached hydrogen (secondary N) is 2. The fourth-order valence-electron chi connectivity index (χ4n) is 1.96. The van der Waals surface area contributed by atoms with Gasteiger partial charge in [0.15, 0.2) is 0 Å². The molecule has 0 atom stereocenters. The second-order valence-electron chi connectivity index (χ2n) is 5.78. The minimum atomic E-state index is -3.25. The fourth-order valence-corrected chi connectivity index (χ4v) is 3.48. The molecule has 0 spiro atoms. The second kappa shape index (κ2) is 8.62. The zero-order valence-corrected chi connectivity index (χ0v) is 14.2. The summed E-state index contributed by atoms with van der Waals surface area (Å²) in [5.74, 6) is 0. The van der Waals surface area contributed by atoms with Crippen LogP contribution in [0.4, 0.5) is 0 Å². The zero-order valence-electron chi connectivity index (χ0n) is 13.3. The van der Waals surface area contributed by atoms with Gasteiger partial charge in [-0.05, 0) is 31.9 Å². The topological polar surface area (TPSA) is 81.3 Å². The Kier molecular flexibility index (Phi) is 6.82. The van der Waals surface area contributed by atoms with Gasteiger partial charge < -0.3 is 10.6 Å². The average molecular weight is 325 g/mol. The second-order valence-corrected chi connectivity index (χ2v) is 7.72. The van der Waals surface area contributed by atoms with Gasteiger partial charge in [0.2, 0.25) is 10.0 Å². The van der Waals surface area contributed by atoms with E-state index in [2.05, 4.69) is 10.6 Å². The first-order valence-corrected chi connectivity index (χ1v) is 9.53. The number of piperidine rings is 1. The van der Waals surface area contributed by atoms with E-state index in [0.717, 1.165) is 24.8 Å². The average Bonchev–Trinajstić information content (AvgIpc) is 3.41. The van der Waals surface area contributed by atoms with Crippen LogP contribution in [0.3, 0.4) is 0 Å². The normalized spacial score (nSPS) is 20.0. The molecule has 0 amide bonds. The third-order valence-corrected chi connectivity index (χ3v) is 5.39. The molecule has 0 radical (unpaired) electrons. The lowest BCUT2D eigenvalue weighted by atomic mass is 10.2. The summed E-state index contributed by atoms with van der Waals surface area (Å²) in [6.45, 7) is 8.28. The Balaban J connectivity index is 0.000000241. The lowest BCUT2D eigenvalue weighted by molar-refractivity contribution is 0.346. The molecule has 22 heavy (non-hydrogen) atoms. The number of rotatable bonds is 2. The summed E-state index contributed by atoms with van der Waals surface area (Å²) in [5, 5.41) is 6.00. The molecule has 1 aromatic carbocycles. The Morgan fingerprint density at radius 2 is 1.32 bits per heavy atom. The van der Waals surface area contributed by atoms with Crippen LogP contribution in [-0.2, 0) is 10.0 Å². The van der Waals surface area contributed by atoms with E-state index in [1.165, 1.54) is 26.2 Å². The van der Waals surface area contributed by atoms with Crippen molar-refractivity contribution in [2.75, 3.05) is 39.3 Å². The third kappa shape index (κ3) is 6.44. The highest BCUT2D eigenvalue weighted by molar-refractivity contribution is 7.89. The highest BCUT2D eigenvalue weighted by Crippen LogP contribution is 2.20. The highest BCUT2D eigenvalue weighted by Gasteiger charge is 2.25. The van der Waals surface area contributed by atoms with Crippen LogP contribution in [0, 0.1) is 6.92 Å². The first-order valence-electron chi connectivity index (χ1n) is 8.09. The summed E-state index contributed by atoms with van der Waals surface area (Å²) in [6, 6.07) is 7.08. The molecule has 3 aliphatic heterocycles. The fraction of sp³-hybridized carbons (Fsp3) is 0.625. The van der Waals surface area contributed by atoms with Gasteiger partial charge in [-0.3, -0.25) is 0 Å². The van der Waals surface area contributed by atoms with Crippen molar-refractivity contribution >= 4 is 10.0 Å². The van der Waals surface area contributed by atoms with Gasteiger partial charge in [-0.1, -0.05) is 24.1 Å². The SMILES string of the molecule is C1CN1.C1CN1.Cc1ccc(S(=O)(=O)N2CCCCC2)cc1. The molecule has 6 heteroatoms. The highest BCUT2D eigenvalue weighted by atomic mass is 32.2. The summed E-state index contributed by atoms with van der Waals surface area (Å²) >= 11 is 0. The maximum Gasteiger partial charge on any atom is 0.243 e. The lowest BCUT2D eigenvalue weighted by Crippen LogP contribution is -2.35. The number of aryl methyl sites for hydroxylation is 1. The molecule has 3 heterocycles. The van der Waals surface area contributed by atoms with Crippen LogP contribution in [0.5, 0.6) is 0 Å². The monoisotopic (exact) mass is 325 g/mol. The first kappa shape index (κ1) is 17.4. The molecular weight excluding hydrogens is 298 g/mol. The van der Waals surface area contributed by atoms with Crippen molar-refractivity contribution < 1.29 is 8.42 Å². The molecule has 4 rings (SSSR count). The summed E-state index contributed by atoms with van der Waals surface area (Å²) in [7, 11) is -3.25. The van der Waals surface area contributed by atoms with E-state index in [9.17, 15) is 8.42 Å². The molecule has 1 aromatic rings. The van der Waals surface area contributed by atoms with Gasteiger partial charge in [-0.2, -0.15) is 4.31 Å². The number of hydrogen-bond acceptors (Lipinski definition) is 4. The smallest absolute Gasteiger partial charge is 0.243 e. The predicted octanol–water partition coefficient (Wildman–Crippen LogP) is 1.35. The van der Waals surface area contributed by atoms with Crippen LogP contribution in [0.25, 0.3) is 0 Å². The minimum Gasteiger partial charge on any atom is -0.314 e. The van der Waals surface area contributed by atoms with E-state index in [4.69, 9.17) is 0 Å². The molecular formula is C16H27N3O2S. The van der Waals surface area contributed by atoms with Crippen molar-refractivity contribution in [3.63, 3.8) is 0 Å². The minimum absolute atomic E-state index is 0.417. The van der Waals surface area contributed by atoms with Crippen molar-refractivity contribution in [2.24, 2.45) is 0 Å². The van der Waals surface area contributed by atoms with Gasteiger partial charge in [0.25, 0.3) is 0 Å². The lowest BCUT2D eigenvalue weighted by Gasteiger charge is -2.25. The number of nitrogens with zero attached hydrogens (tertiary/aromatic N) is 1. The van der Waals surface area contributed by atoms with Crippen molar-refractivity contribution in [1.29, 1.82) is 0 Å². The summed E-state index contributed by atoms with van der Waals surface area (Å²) in [4.78, 5) is 0.417. The van der Waals surface area contributed by atoms with Crippen LogP contribution in [-0.4, -0.2) is 52.0 Å². The van der Waals surface area contributed by atoms with E-state index in [0.29, 0.717) is 18.0 Å². The largest absolute Gasteiger partial charge is 0.314 e. The van der Waals surface area contributed by atoms with Crippen LogP contribution in [0.2, 0.25) is 0 Å².